The molecule has 0 amide bonds. The van der Waals surface area contributed by atoms with Crippen molar-refractivity contribution in [3.8, 4) is 5.75 Å². The molecular weight excluding hydrogens is 297 g/mol. The summed E-state index contributed by atoms with van der Waals surface area (Å²) in [7, 11) is 0. The van der Waals surface area contributed by atoms with Crippen LogP contribution in [-0.4, -0.2) is 22.7 Å². The molecule has 5 nitrogen and oxygen atoms in total. The molecule has 0 saturated carbocycles. The van der Waals surface area contributed by atoms with Gasteiger partial charge in [-0.2, -0.15) is 0 Å². The Bertz CT molecular complexity index is 374. The third-order valence-electron chi connectivity index (χ3n) is 1.67. The van der Waals surface area contributed by atoms with Crippen LogP contribution >= 0.6 is 0 Å². The Morgan fingerprint density at radius 3 is 2.82 bits per heavy atom. The Hall–Kier alpha value is -0.936. The van der Waals surface area contributed by atoms with E-state index in [0.717, 1.165) is 0 Å². The van der Waals surface area contributed by atoms with Gasteiger partial charge in [-0.3, -0.25) is 0 Å². The molecule has 0 aromatic carbocycles. The van der Waals surface area contributed by atoms with Crippen molar-refractivity contribution in [1.29, 1.82) is 0 Å². The van der Waals surface area contributed by atoms with Crippen molar-refractivity contribution in [3.05, 3.63) is 31.3 Å². The number of anilines is 1. The van der Waals surface area contributed by atoms with Crippen LogP contribution in [0.3, 0.4) is 0 Å². The molecule has 0 bridgehead atoms. The molecule has 0 fully saturated rings. The number of esters is 1. The van der Waals surface area contributed by atoms with E-state index in [1.165, 1.54) is 24.4 Å². The molecule has 0 aliphatic heterocycles. The Balaban J connectivity index is 0. The van der Waals surface area contributed by atoms with Crippen LogP contribution in [0.4, 0.5) is 5.82 Å². The van der Waals surface area contributed by atoms with Crippen molar-refractivity contribution in [2.45, 2.75) is 6.92 Å². The zero-order valence-electron chi connectivity index (χ0n) is 9.88. The van der Waals surface area contributed by atoms with Gasteiger partial charge in [0.05, 0.1) is 12.2 Å². The summed E-state index contributed by atoms with van der Waals surface area (Å²) in [5, 5.41) is 9.41. The van der Waals surface area contributed by atoms with E-state index in [1.807, 2.05) is 0 Å². The molecule has 6 heteroatoms. The van der Waals surface area contributed by atoms with Crippen molar-refractivity contribution in [2.75, 3.05) is 12.3 Å². The molecule has 0 unspecified atom stereocenters. The van der Waals surface area contributed by atoms with Crippen LogP contribution in [0.5, 0.6) is 5.75 Å². The second-order valence-electron chi connectivity index (χ2n) is 2.71. The minimum absolute atomic E-state index is 0. The van der Waals surface area contributed by atoms with E-state index in [0.29, 0.717) is 12.2 Å². The van der Waals surface area contributed by atoms with Gasteiger partial charge in [-0.05, 0) is 19.1 Å². The topological polar surface area (TPSA) is 85.4 Å². The molecule has 1 aromatic heterocycles. The van der Waals surface area contributed by atoms with Gasteiger partial charge >= 0.3 is 5.97 Å². The number of nitrogens with zero attached hydrogens (tertiary/aromatic N) is 1. The normalized spacial score (nSPS) is 9.24. The van der Waals surface area contributed by atoms with E-state index < -0.39 is 5.97 Å². The van der Waals surface area contributed by atoms with Gasteiger partial charge in [0, 0.05) is 45.0 Å². The van der Waals surface area contributed by atoms with Crippen molar-refractivity contribution in [2.24, 2.45) is 0 Å². The zero-order valence-corrected chi connectivity index (χ0v) is 12.7. The minimum atomic E-state index is -0.486. The van der Waals surface area contributed by atoms with Crippen LogP contribution in [0.1, 0.15) is 12.5 Å². The monoisotopic (exact) mass is 312 g/mol. The first kappa shape index (κ1) is 18.4. The number of nitrogens with two attached hydrogens (primary N) is 1. The average Bonchev–Trinajstić information content (AvgIpc) is 2.17. The fourth-order valence-corrected chi connectivity index (χ4v) is 0.991. The molecule has 0 aliphatic rings. The molecule has 0 aliphatic carbocycles. The van der Waals surface area contributed by atoms with Crippen LogP contribution in [0, 0.1) is 7.43 Å². The zero-order chi connectivity index (χ0) is 11.3. The molecule has 0 spiro atoms. The minimum Gasteiger partial charge on any atom is -0.507 e. The number of carbonyl (C=O) groups is 1. The smallest absolute Gasteiger partial charge is 0.330 e. The largest absolute Gasteiger partial charge is 0.507 e. The Morgan fingerprint density at radius 2 is 2.29 bits per heavy atom. The van der Waals surface area contributed by atoms with Gasteiger partial charge in [0.2, 0.25) is 0 Å². The summed E-state index contributed by atoms with van der Waals surface area (Å²) < 4.78 is 4.67. The molecule has 1 rings (SSSR count). The maximum absolute atomic E-state index is 11.0. The molecule has 91 valence electrons. The van der Waals surface area contributed by atoms with E-state index in [4.69, 9.17) is 5.73 Å². The van der Waals surface area contributed by atoms with Gasteiger partial charge in [0.1, 0.15) is 11.6 Å². The Labute approximate surface area is 126 Å². The number of aromatic hydroxyl groups is 1. The molecule has 1 radical (unpaired) electrons. The quantitative estimate of drug-likeness (QED) is 0.500. The fourth-order valence-electron chi connectivity index (χ4n) is 0.991. The van der Waals surface area contributed by atoms with Crippen molar-refractivity contribution < 1.29 is 47.3 Å². The van der Waals surface area contributed by atoms with E-state index in [9.17, 15) is 9.90 Å². The Morgan fingerprint density at radius 1 is 1.65 bits per heavy atom. The molecule has 0 atom stereocenters. The number of nitrogen functional groups attached to an aromatic ring is 1. The van der Waals surface area contributed by atoms with Crippen LogP contribution in [0.2, 0.25) is 0 Å². The average molecular weight is 312 g/mol. The fraction of sp³-hybridized carbons (Fsp3) is 0.182. The number of carbonyl (C=O) groups excluding carboxylic acids is 1. The van der Waals surface area contributed by atoms with E-state index in [1.54, 1.807) is 6.92 Å². The Kier molecular flexibility index (Phi) is 9.90. The summed E-state index contributed by atoms with van der Waals surface area (Å²) in [6.07, 6.45) is 3.94. The first-order valence-corrected chi connectivity index (χ1v) is 4.43. The van der Waals surface area contributed by atoms with Gasteiger partial charge in [-0.25, -0.2) is 9.78 Å². The van der Waals surface area contributed by atoms with Gasteiger partial charge in [0.15, 0.2) is 0 Å². The summed E-state index contributed by atoms with van der Waals surface area (Å²) >= 11 is 0. The molecular formula is C11H15N2O3Y-. The van der Waals surface area contributed by atoms with Crippen LogP contribution in [0.15, 0.2) is 18.3 Å². The molecule has 0 saturated heterocycles. The number of aromatic nitrogens is 1. The van der Waals surface area contributed by atoms with Crippen molar-refractivity contribution in [3.63, 3.8) is 0 Å². The number of hydrogen-bond donors (Lipinski definition) is 2. The second kappa shape index (κ2) is 9.13. The van der Waals surface area contributed by atoms with Gasteiger partial charge < -0.3 is 23.0 Å². The van der Waals surface area contributed by atoms with Gasteiger partial charge in [-0.15, -0.1) is 0 Å². The molecule has 1 aromatic rings. The SMILES string of the molecule is CCOC(=O)/C=C/c1c(O)ccnc1N.[CH3-].[Y]. The predicted octanol–water partition coefficient (Wildman–Crippen LogP) is 1.39. The number of ether oxygens (including phenoxy) is 1. The molecule has 3 N–H and O–H groups in total. The second-order valence-corrected chi connectivity index (χ2v) is 2.71. The maximum atomic E-state index is 11.0. The molecule has 1 heterocycles. The van der Waals surface area contributed by atoms with Gasteiger partial charge in [-0.1, -0.05) is 0 Å². The third kappa shape index (κ3) is 5.79. The van der Waals surface area contributed by atoms with E-state index in [2.05, 4.69) is 9.72 Å². The number of hydrogen-bond acceptors (Lipinski definition) is 5. The standard InChI is InChI=1S/C10H12N2O3.CH3.Y/c1-2-15-9(14)4-3-7-8(13)5-6-12-10(7)11;;/h3-6H,2H2,1H3,(H3,11,12,13);1H3;/q;-1;/b4-3+;;. The summed E-state index contributed by atoms with van der Waals surface area (Å²) in [4.78, 5) is 14.8. The number of pyridine rings is 1. The van der Waals surface area contributed by atoms with Crippen molar-refractivity contribution in [1.82, 2.24) is 4.98 Å². The maximum Gasteiger partial charge on any atom is 0.330 e. The first-order chi connectivity index (χ1) is 7.15. The summed E-state index contributed by atoms with van der Waals surface area (Å²) in [6.45, 7) is 2.01. The van der Waals surface area contributed by atoms with E-state index >= 15 is 0 Å². The van der Waals surface area contributed by atoms with Crippen LogP contribution in [-0.2, 0) is 42.2 Å². The van der Waals surface area contributed by atoms with Crippen molar-refractivity contribution >= 4 is 17.9 Å². The number of rotatable bonds is 3. The summed E-state index contributed by atoms with van der Waals surface area (Å²) in [5.41, 5.74) is 5.82. The van der Waals surface area contributed by atoms with Gasteiger partial charge in [0.25, 0.3) is 0 Å². The van der Waals surface area contributed by atoms with Crippen LogP contribution in [0.25, 0.3) is 6.08 Å². The van der Waals surface area contributed by atoms with Crippen LogP contribution < -0.4 is 5.73 Å². The first-order valence-electron chi connectivity index (χ1n) is 4.43. The third-order valence-corrected chi connectivity index (χ3v) is 1.67. The predicted molar refractivity (Wildman–Crippen MR) is 62.4 cm³/mol. The summed E-state index contributed by atoms with van der Waals surface area (Å²) in [6, 6.07) is 1.39. The summed E-state index contributed by atoms with van der Waals surface area (Å²) in [5.74, 6) is -0.348. The van der Waals surface area contributed by atoms with E-state index in [-0.39, 0.29) is 51.7 Å². The molecule has 17 heavy (non-hydrogen) atoms.